The van der Waals surface area contributed by atoms with Crippen LogP contribution in [0.5, 0.6) is 0 Å². The number of carboxylic acid groups (broad SMARTS) is 1. The van der Waals surface area contributed by atoms with Crippen molar-refractivity contribution in [2.45, 2.75) is 45.4 Å². The quantitative estimate of drug-likeness (QED) is 0.781. The minimum absolute atomic E-state index is 0.0591. The fourth-order valence-electron chi connectivity index (χ4n) is 3.72. The lowest BCUT2D eigenvalue weighted by atomic mass is 9.98. The lowest BCUT2D eigenvalue weighted by molar-refractivity contribution is -0.140. The van der Waals surface area contributed by atoms with Gasteiger partial charge in [0.1, 0.15) is 0 Å². The summed E-state index contributed by atoms with van der Waals surface area (Å²) in [5.74, 6) is -1.16. The highest BCUT2D eigenvalue weighted by atomic mass is 16.4. The Morgan fingerprint density at radius 3 is 2.68 bits per heavy atom. The van der Waals surface area contributed by atoms with Crippen LogP contribution in [0, 0.1) is 5.92 Å². The van der Waals surface area contributed by atoms with Crippen LogP contribution in [-0.2, 0) is 4.79 Å². The molecule has 4 nitrogen and oxygen atoms in total. The van der Waals surface area contributed by atoms with Crippen molar-refractivity contribution in [3.63, 3.8) is 0 Å². The Morgan fingerprint density at radius 2 is 2.00 bits per heavy atom. The van der Waals surface area contributed by atoms with Gasteiger partial charge in [0, 0.05) is 24.2 Å². The van der Waals surface area contributed by atoms with Crippen LogP contribution >= 0.6 is 0 Å². The van der Waals surface area contributed by atoms with Gasteiger partial charge in [0.2, 0.25) is 5.78 Å². The number of carboxylic acids is 1. The van der Waals surface area contributed by atoms with E-state index in [0.717, 1.165) is 49.2 Å². The number of hydrogen-bond donors (Lipinski definition) is 1. The van der Waals surface area contributed by atoms with E-state index in [1.54, 1.807) is 0 Å². The monoisotopic (exact) mass is 339 g/mol. The van der Waals surface area contributed by atoms with Crippen molar-refractivity contribution in [2.24, 2.45) is 5.92 Å². The first-order chi connectivity index (χ1) is 12.1. The van der Waals surface area contributed by atoms with Crippen LogP contribution in [0.3, 0.4) is 0 Å². The van der Waals surface area contributed by atoms with Crippen molar-refractivity contribution in [1.29, 1.82) is 0 Å². The second-order valence-corrected chi connectivity index (χ2v) is 6.82. The van der Waals surface area contributed by atoms with Crippen molar-refractivity contribution < 1.29 is 14.7 Å². The average molecular weight is 339 g/mol. The maximum absolute atomic E-state index is 13.2. The van der Waals surface area contributed by atoms with Crippen molar-refractivity contribution in [1.82, 2.24) is 4.90 Å². The molecule has 0 bridgehead atoms. The zero-order chi connectivity index (χ0) is 17.8. The molecule has 1 aromatic carbocycles. The van der Waals surface area contributed by atoms with E-state index in [9.17, 15) is 14.7 Å². The van der Waals surface area contributed by atoms with Gasteiger partial charge in [-0.1, -0.05) is 49.8 Å². The number of benzene rings is 1. The Bertz CT molecular complexity index is 718. The van der Waals surface area contributed by atoms with Crippen LogP contribution in [0.1, 0.15) is 55.8 Å². The number of fused-ring (bicyclic) bond motifs is 1. The molecule has 0 saturated carbocycles. The minimum atomic E-state index is -0.771. The number of allylic oxidation sites excluding steroid dienone is 2. The maximum Gasteiger partial charge on any atom is 0.310 e. The van der Waals surface area contributed by atoms with Gasteiger partial charge < -0.3 is 10.0 Å². The van der Waals surface area contributed by atoms with Gasteiger partial charge in [0.05, 0.1) is 11.6 Å². The summed E-state index contributed by atoms with van der Waals surface area (Å²) in [4.78, 5) is 26.7. The molecule has 1 N–H and O–H groups in total. The first-order valence-corrected chi connectivity index (χ1v) is 9.14. The zero-order valence-electron chi connectivity index (χ0n) is 14.7. The first-order valence-electron chi connectivity index (χ1n) is 9.14. The van der Waals surface area contributed by atoms with E-state index in [4.69, 9.17) is 0 Å². The van der Waals surface area contributed by atoms with Gasteiger partial charge in [-0.3, -0.25) is 9.59 Å². The average Bonchev–Trinajstić information content (AvgIpc) is 2.82. The Kier molecular flexibility index (Phi) is 5.37. The second-order valence-electron chi connectivity index (χ2n) is 6.82. The summed E-state index contributed by atoms with van der Waals surface area (Å²) in [5, 5.41) is 9.40. The number of aliphatic carboxylic acids is 1. The predicted molar refractivity (Wildman–Crippen MR) is 97.1 cm³/mol. The molecule has 2 aliphatic heterocycles. The molecular weight excluding hydrogens is 314 g/mol. The van der Waals surface area contributed by atoms with E-state index in [1.165, 1.54) is 0 Å². The van der Waals surface area contributed by atoms with E-state index >= 15 is 0 Å². The van der Waals surface area contributed by atoms with Gasteiger partial charge >= 0.3 is 5.97 Å². The molecule has 0 aromatic heterocycles. The highest BCUT2D eigenvalue weighted by molar-refractivity contribution is 6.09. The summed E-state index contributed by atoms with van der Waals surface area (Å²) in [7, 11) is 0. The first kappa shape index (κ1) is 17.5. The molecule has 4 heteroatoms. The number of rotatable bonds is 6. The number of nitrogens with zero attached hydrogens (tertiary/aromatic N) is 1. The third-order valence-corrected chi connectivity index (χ3v) is 5.04. The summed E-state index contributed by atoms with van der Waals surface area (Å²) in [6.45, 7) is 2.87. The number of carbonyl (C=O) groups excluding carboxylic acids is 1. The molecule has 0 spiro atoms. The molecule has 1 unspecified atom stereocenters. The van der Waals surface area contributed by atoms with Gasteiger partial charge in [0.25, 0.3) is 0 Å². The van der Waals surface area contributed by atoms with Crippen LogP contribution in [0.15, 0.2) is 53.4 Å². The van der Waals surface area contributed by atoms with E-state index in [1.807, 2.05) is 36.4 Å². The van der Waals surface area contributed by atoms with Crippen LogP contribution < -0.4 is 0 Å². The summed E-state index contributed by atoms with van der Waals surface area (Å²) in [6, 6.07) is 9.38. The Morgan fingerprint density at radius 1 is 1.24 bits per heavy atom. The number of unbranched alkanes of at least 4 members (excludes halogenated alkanes) is 1. The summed E-state index contributed by atoms with van der Waals surface area (Å²) in [5.41, 5.74) is 3.65. The predicted octanol–water partition coefficient (Wildman–Crippen LogP) is 4.40. The summed E-state index contributed by atoms with van der Waals surface area (Å²) < 4.78 is 0. The fourth-order valence-corrected chi connectivity index (χ4v) is 3.72. The van der Waals surface area contributed by atoms with Gasteiger partial charge in [-0.05, 0) is 31.3 Å². The van der Waals surface area contributed by atoms with E-state index in [2.05, 4.69) is 11.8 Å². The second kappa shape index (κ2) is 7.68. The molecule has 0 aliphatic carbocycles. The highest BCUT2D eigenvalue weighted by Crippen LogP contribution is 2.39. The molecule has 0 fully saturated rings. The van der Waals surface area contributed by atoms with Crippen LogP contribution in [0.2, 0.25) is 0 Å². The van der Waals surface area contributed by atoms with E-state index < -0.39 is 11.9 Å². The van der Waals surface area contributed by atoms with Crippen LogP contribution in [0.25, 0.3) is 0 Å². The molecule has 1 aromatic rings. The Balaban J connectivity index is 1.97. The summed E-state index contributed by atoms with van der Waals surface area (Å²) >= 11 is 0. The van der Waals surface area contributed by atoms with Crippen molar-refractivity contribution in [2.75, 3.05) is 6.54 Å². The third kappa shape index (κ3) is 3.68. The molecular formula is C21H25NO3. The van der Waals surface area contributed by atoms with Crippen molar-refractivity contribution in [3.05, 3.63) is 58.9 Å². The molecule has 0 saturated heterocycles. The van der Waals surface area contributed by atoms with Crippen molar-refractivity contribution >= 4 is 11.8 Å². The minimum Gasteiger partial charge on any atom is -0.481 e. The molecule has 25 heavy (non-hydrogen) atoms. The smallest absolute Gasteiger partial charge is 0.310 e. The van der Waals surface area contributed by atoms with Gasteiger partial charge in [-0.25, -0.2) is 0 Å². The molecule has 2 aliphatic rings. The lowest BCUT2D eigenvalue weighted by Crippen LogP contribution is -2.24. The van der Waals surface area contributed by atoms with E-state index in [-0.39, 0.29) is 5.78 Å². The molecule has 132 valence electrons. The van der Waals surface area contributed by atoms with Gasteiger partial charge in [-0.15, -0.1) is 0 Å². The molecule has 2 heterocycles. The Labute approximate surface area is 148 Å². The van der Waals surface area contributed by atoms with Gasteiger partial charge in [0.15, 0.2) is 0 Å². The Hall–Kier alpha value is -2.36. The SMILES string of the molecule is CCCCC1=C(C(=O)c2ccccc2)N2CCCC(C(=O)O)C=C2C1. The molecule has 0 radical (unpaired) electrons. The zero-order valence-corrected chi connectivity index (χ0v) is 14.7. The van der Waals surface area contributed by atoms with Crippen LogP contribution in [-0.4, -0.2) is 28.3 Å². The maximum atomic E-state index is 13.2. The largest absolute Gasteiger partial charge is 0.481 e. The lowest BCUT2D eigenvalue weighted by Gasteiger charge is -2.22. The van der Waals surface area contributed by atoms with Crippen molar-refractivity contribution in [3.8, 4) is 0 Å². The topological polar surface area (TPSA) is 57.6 Å². The third-order valence-electron chi connectivity index (χ3n) is 5.04. The van der Waals surface area contributed by atoms with E-state index in [0.29, 0.717) is 18.4 Å². The number of ketones is 1. The highest BCUT2D eigenvalue weighted by Gasteiger charge is 2.34. The molecule has 1 atom stereocenters. The summed E-state index contributed by atoms with van der Waals surface area (Å²) in [6.07, 6.45) is 7.01. The van der Waals surface area contributed by atoms with Crippen LogP contribution in [0.4, 0.5) is 0 Å². The fraction of sp³-hybridized carbons (Fsp3) is 0.429. The molecule has 0 amide bonds. The normalized spacial score (nSPS) is 20.1. The molecule has 3 rings (SSSR count). The standard InChI is InChI=1S/C21H25NO3/c1-2-3-8-16-13-18-14-17(21(24)25)11-7-12-22(18)19(16)20(23)15-9-5-4-6-10-15/h4-6,9-10,14,17H,2-3,7-8,11-13H2,1H3,(H,24,25). The number of Topliss-reactive ketones (excluding diaryl/α,β-unsaturated/α-hetero) is 1. The number of hydrogen-bond acceptors (Lipinski definition) is 3. The van der Waals surface area contributed by atoms with Gasteiger partial charge in [-0.2, -0.15) is 0 Å². The number of carbonyl (C=O) groups is 2.